The molecule has 35 heavy (non-hydrogen) atoms. The summed E-state index contributed by atoms with van der Waals surface area (Å²) in [5.74, 6) is -1.51. The van der Waals surface area contributed by atoms with Gasteiger partial charge in [0, 0.05) is 23.5 Å². The molecule has 0 fully saturated rings. The average molecular weight is 491 g/mol. The van der Waals surface area contributed by atoms with Crippen LogP contribution in [0.2, 0.25) is 5.02 Å². The van der Waals surface area contributed by atoms with Crippen molar-refractivity contribution in [2.24, 2.45) is 0 Å². The molecule has 0 aliphatic heterocycles. The van der Waals surface area contributed by atoms with Crippen LogP contribution < -0.4 is 5.32 Å². The predicted molar refractivity (Wildman–Crippen MR) is 132 cm³/mol. The zero-order chi connectivity index (χ0) is 24.8. The number of nitrogens with one attached hydrogen (secondary N) is 2. The van der Waals surface area contributed by atoms with Crippen molar-refractivity contribution in [3.05, 3.63) is 106 Å². The SMILES string of the molecule is COC(=O)c1ccc(COC(=O)[C@@H](Cc2c[nH]c3ccccc23)NC(=O)c2ccccc2Cl)cc1. The maximum Gasteiger partial charge on any atom is 0.337 e. The van der Waals surface area contributed by atoms with E-state index in [0.29, 0.717) is 11.1 Å². The number of carbonyl (C=O) groups excluding carboxylic acids is 3. The van der Waals surface area contributed by atoms with E-state index in [1.807, 2.05) is 30.5 Å². The molecule has 1 aromatic heterocycles. The summed E-state index contributed by atoms with van der Waals surface area (Å²) >= 11 is 6.17. The monoisotopic (exact) mass is 490 g/mol. The molecular weight excluding hydrogens is 468 g/mol. The number of ether oxygens (including phenoxy) is 2. The fraction of sp³-hybridized carbons (Fsp3) is 0.148. The predicted octanol–water partition coefficient (Wildman–Crippen LogP) is 4.69. The summed E-state index contributed by atoms with van der Waals surface area (Å²) in [5.41, 5.74) is 3.15. The third kappa shape index (κ3) is 5.70. The van der Waals surface area contributed by atoms with Gasteiger partial charge in [-0.15, -0.1) is 0 Å². The fourth-order valence-corrected chi connectivity index (χ4v) is 3.93. The number of para-hydroxylation sites is 1. The van der Waals surface area contributed by atoms with E-state index in [1.165, 1.54) is 7.11 Å². The lowest BCUT2D eigenvalue weighted by Gasteiger charge is -2.18. The number of amides is 1. The summed E-state index contributed by atoms with van der Waals surface area (Å²) in [5, 5.41) is 4.01. The van der Waals surface area contributed by atoms with Crippen LogP contribution in [0.5, 0.6) is 0 Å². The number of hydrogen-bond donors (Lipinski definition) is 2. The molecule has 7 nitrogen and oxygen atoms in total. The Kier molecular flexibility index (Phi) is 7.48. The van der Waals surface area contributed by atoms with Gasteiger partial charge in [0.1, 0.15) is 12.6 Å². The van der Waals surface area contributed by atoms with Gasteiger partial charge in [-0.05, 0) is 41.5 Å². The number of rotatable bonds is 8. The van der Waals surface area contributed by atoms with Crippen molar-refractivity contribution in [1.82, 2.24) is 10.3 Å². The number of H-pyrrole nitrogens is 1. The van der Waals surface area contributed by atoms with E-state index in [1.54, 1.807) is 48.5 Å². The number of hydrogen-bond acceptors (Lipinski definition) is 5. The van der Waals surface area contributed by atoms with E-state index in [-0.39, 0.29) is 23.6 Å². The zero-order valence-corrected chi connectivity index (χ0v) is 19.7. The molecule has 0 radical (unpaired) electrons. The topological polar surface area (TPSA) is 97.5 Å². The maximum atomic E-state index is 13.1. The van der Waals surface area contributed by atoms with E-state index < -0.39 is 23.9 Å². The standard InChI is InChI=1S/C27H23ClN2O5/c1-34-26(32)18-12-10-17(11-13-18)16-35-27(33)24(30-25(31)21-7-2-4-8-22(21)28)14-19-15-29-23-9-5-3-6-20(19)23/h2-13,15,24,29H,14,16H2,1H3,(H,30,31)/t24-/m1/s1. The molecular formula is C27H23ClN2O5. The molecule has 2 N–H and O–H groups in total. The quantitative estimate of drug-likeness (QED) is 0.349. The third-order valence-corrected chi connectivity index (χ3v) is 5.89. The summed E-state index contributed by atoms with van der Waals surface area (Å²) in [6, 6.07) is 19.9. The summed E-state index contributed by atoms with van der Waals surface area (Å²) in [6.45, 7) is -0.0212. The highest BCUT2D eigenvalue weighted by Crippen LogP contribution is 2.21. The number of fused-ring (bicyclic) bond motifs is 1. The number of halogens is 1. The first-order chi connectivity index (χ1) is 17.0. The van der Waals surface area contributed by atoms with Crippen molar-refractivity contribution in [3.63, 3.8) is 0 Å². The van der Waals surface area contributed by atoms with Gasteiger partial charge in [0.15, 0.2) is 0 Å². The highest BCUT2D eigenvalue weighted by Gasteiger charge is 2.25. The van der Waals surface area contributed by atoms with Crippen LogP contribution in [0.1, 0.15) is 31.8 Å². The summed E-state index contributed by atoms with van der Waals surface area (Å²) in [6.07, 6.45) is 2.04. The second-order valence-electron chi connectivity index (χ2n) is 7.87. The smallest absolute Gasteiger partial charge is 0.337 e. The van der Waals surface area contributed by atoms with E-state index in [2.05, 4.69) is 10.3 Å². The van der Waals surface area contributed by atoms with Crippen molar-refractivity contribution < 1.29 is 23.9 Å². The Bertz CT molecular complexity index is 1360. The lowest BCUT2D eigenvalue weighted by atomic mass is 10.0. The molecule has 0 spiro atoms. The summed E-state index contributed by atoms with van der Waals surface area (Å²) in [7, 11) is 1.31. The van der Waals surface area contributed by atoms with Gasteiger partial charge in [0.05, 0.1) is 23.3 Å². The number of esters is 2. The Labute approximate surface area is 207 Å². The molecule has 3 aromatic carbocycles. The van der Waals surface area contributed by atoms with Crippen LogP contribution >= 0.6 is 11.6 Å². The Morgan fingerprint density at radius 1 is 0.971 bits per heavy atom. The minimum absolute atomic E-state index is 0.0212. The van der Waals surface area contributed by atoms with Crippen LogP contribution in [0.15, 0.2) is 79.0 Å². The Morgan fingerprint density at radius 2 is 1.69 bits per heavy atom. The number of benzene rings is 3. The molecule has 0 aliphatic rings. The number of methoxy groups -OCH3 is 1. The molecule has 4 aromatic rings. The highest BCUT2D eigenvalue weighted by molar-refractivity contribution is 6.33. The van der Waals surface area contributed by atoms with Gasteiger partial charge in [-0.25, -0.2) is 9.59 Å². The molecule has 8 heteroatoms. The lowest BCUT2D eigenvalue weighted by molar-refractivity contribution is -0.147. The van der Waals surface area contributed by atoms with Crippen molar-refractivity contribution in [1.29, 1.82) is 0 Å². The Hall–Kier alpha value is -4.10. The second kappa shape index (κ2) is 10.9. The van der Waals surface area contributed by atoms with Gasteiger partial charge < -0.3 is 19.8 Å². The second-order valence-corrected chi connectivity index (χ2v) is 8.27. The van der Waals surface area contributed by atoms with Gasteiger partial charge >= 0.3 is 11.9 Å². The van der Waals surface area contributed by atoms with Gasteiger partial charge in [0.25, 0.3) is 5.91 Å². The molecule has 1 atom stereocenters. The van der Waals surface area contributed by atoms with Crippen molar-refractivity contribution in [3.8, 4) is 0 Å². The fourth-order valence-electron chi connectivity index (χ4n) is 3.71. The van der Waals surface area contributed by atoms with Gasteiger partial charge in [0.2, 0.25) is 0 Å². The van der Waals surface area contributed by atoms with Crippen molar-refractivity contribution >= 4 is 40.3 Å². The number of aromatic nitrogens is 1. The van der Waals surface area contributed by atoms with Gasteiger partial charge in [-0.3, -0.25) is 4.79 Å². The first-order valence-electron chi connectivity index (χ1n) is 10.9. The highest BCUT2D eigenvalue weighted by atomic mass is 35.5. The Morgan fingerprint density at radius 3 is 2.43 bits per heavy atom. The van der Waals surface area contributed by atoms with Crippen LogP contribution in [0.4, 0.5) is 0 Å². The molecule has 0 aliphatic carbocycles. The minimum atomic E-state index is -0.952. The van der Waals surface area contributed by atoms with E-state index >= 15 is 0 Å². The summed E-state index contributed by atoms with van der Waals surface area (Å²) in [4.78, 5) is 40.8. The van der Waals surface area contributed by atoms with E-state index in [0.717, 1.165) is 16.5 Å². The minimum Gasteiger partial charge on any atom is -0.465 e. The molecule has 1 heterocycles. The van der Waals surface area contributed by atoms with Crippen molar-refractivity contribution in [2.75, 3.05) is 7.11 Å². The van der Waals surface area contributed by atoms with Crippen LogP contribution in [0.25, 0.3) is 10.9 Å². The van der Waals surface area contributed by atoms with Gasteiger partial charge in [-0.2, -0.15) is 0 Å². The van der Waals surface area contributed by atoms with E-state index in [4.69, 9.17) is 21.1 Å². The normalized spacial score (nSPS) is 11.6. The zero-order valence-electron chi connectivity index (χ0n) is 18.9. The van der Waals surface area contributed by atoms with Crippen LogP contribution in [0.3, 0.4) is 0 Å². The molecule has 0 bridgehead atoms. The summed E-state index contributed by atoms with van der Waals surface area (Å²) < 4.78 is 10.2. The molecule has 0 unspecified atom stereocenters. The van der Waals surface area contributed by atoms with E-state index in [9.17, 15) is 14.4 Å². The average Bonchev–Trinajstić information content (AvgIpc) is 3.29. The first kappa shape index (κ1) is 24.0. The van der Waals surface area contributed by atoms with Crippen LogP contribution in [-0.4, -0.2) is 36.0 Å². The maximum absolute atomic E-state index is 13.1. The van der Waals surface area contributed by atoms with Crippen LogP contribution in [0, 0.1) is 0 Å². The molecule has 178 valence electrons. The van der Waals surface area contributed by atoms with Gasteiger partial charge in [-0.1, -0.05) is 54.1 Å². The lowest BCUT2D eigenvalue weighted by Crippen LogP contribution is -2.43. The third-order valence-electron chi connectivity index (χ3n) is 5.56. The molecule has 4 rings (SSSR count). The molecule has 1 amide bonds. The Balaban J connectivity index is 1.52. The number of carbonyl (C=O) groups is 3. The van der Waals surface area contributed by atoms with Crippen molar-refractivity contribution in [2.45, 2.75) is 19.1 Å². The van der Waals surface area contributed by atoms with Crippen LogP contribution in [-0.2, 0) is 27.3 Å². The first-order valence-corrected chi connectivity index (χ1v) is 11.3. The number of aromatic amines is 1. The molecule has 0 saturated carbocycles. The molecule has 0 saturated heterocycles. The largest absolute Gasteiger partial charge is 0.465 e.